The molecule has 0 spiro atoms. The summed E-state index contributed by atoms with van der Waals surface area (Å²) in [6.45, 7) is 1.63. The van der Waals surface area contributed by atoms with Crippen LogP contribution in [0.15, 0.2) is 28.8 Å². The smallest absolute Gasteiger partial charge is 0.250 e. The molecule has 5 nitrogen and oxygen atoms in total. The molecule has 1 atom stereocenters. The molecule has 0 amide bonds. The molecule has 5 heteroatoms. The highest BCUT2D eigenvalue weighted by Gasteiger charge is 2.18. The van der Waals surface area contributed by atoms with Crippen molar-refractivity contribution in [1.29, 1.82) is 0 Å². The second-order valence-electron chi connectivity index (χ2n) is 4.99. The second-order valence-corrected chi connectivity index (χ2v) is 4.99. The molecule has 2 heterocycles. The van der Waals surface area contributed by atoms with Crippen LogP contribution in [0.25, 0.3) is 12.2 Å². The second kappa shape index (κ2) is 5.88. The van der Waals surface area contributed by atoms with Crippen LogP contribution in [-0.4, -0.2) is 23.4 Å². The van der Waals surface area contributed by atoms with Gasteiger partial charge in [-0.25, -0.2) is 0 Å². The Labute approximate surface area is 117 Å². The Bertz CT molecular complexity index is 601. The zero-order valence-electron chi connectivity index (χ0n) is 11.2. The molecule has 1 aromatic carbocycles. The number of nitrogens with two attached hydrogens (primary N) is 1. The summed E-state index contributed by atoms with van der Waals surface area (Å²) >= 11 is 0. The Balaban J connectivity index is 1.64. The fraction of sp³-hybridized carbons (Fsp3) is 0.333. The normalized spacial score (nSPS) is 18.9. The Hall–Kier alpha value is -2.14. The highest BCUT2D eigenvalue weighted by Crippen LogP contribution is 2.17. The first kappa shape index (κ1) is 12.9. The largest absolute Gasteiger partial charge is 0.399 e. The maximum absolute atomic E-state index is 5.73. The molecule has 104 valence electrons. The maximum atomic E-state index is 5.73. The minimum Gasteiger partial charge on any atom is -0.399 e. The monoisotopic (exact) mass is 271 g/mol. The van der Waals surface area contributed by atoms with Crippen molar-refractivity contribution >= 4 is 17.8 Å². The molecule has 0 saturated carbocycles. The van der Waals surface area contributed by atoms with Crippen LogP contribution in [0.4, 0.5) is 5.69 Å². The molecule has 3 rings (SSSR count). The van der Waals surface area contributed by atoms with Crippen LogP contribution >= 0.6 is 0 Å². The van der Waals surface area contributed by atoms with Crippen LogP contribution in [0.2, 0.25) is 0 Å². The maximum Gasteiger partial charge on any atom is 0.250 e. The summed E-state index contributed by atoms with van der Waals surface area (Å²) in [5, 5.41) is 3.99. The molecular weight excluding hydrogens is 254 g/mol. The van der Waals surface area contributed by atoms with Crippen LogP contribution in [0, 0.1) is 5.92 Å². The average molecular weight is 271 g/mol. The van der Waals surface area contributed by atoms with E-state index in [1.807, 2.05) is 30.3 Å². The minimum atomic E-state index is 0.512. The number of hydrogen-bond donors (Lipinski definition) is 1. The SMILES string of the molecule is Nc1cccc(/C=C/c2nc(CC3CCOC3)no2)c1. The summed E-state index contributed by atoms with van der Waals surface area (Å²) in [4.78, 5) is 4.36. The van der Waals surface area contributed by atoms with Crippen molar-refractivity contribution in [1.82, 2.24) is 10.1 Å². The average Bonchev–Trinajstić information content (AvgIpc) is 3.09. The van der Waals surface area contributed by atoms with Crippen LogP contribution in [-0.2, 0) is 11.2 Å². The summed E-state index contributed by atoms with van der Waals surface area (Å²) in [5.41, 5.74) is 7.47. The lowest BCUT2D eigenvalue weighted by Crippen LogP contribution is -2.04. The summed E-state index contributed by atoms with van der Waals surface area (Å²) < 4.78 is 10.5. The molecule has 2 N–H and O–H groups in total. The van der Waals surface area contributed by atoms with Gasteiger partial charge in [0.05, 0.1) is 0 Å². The van der Waals surface area contributed by atoms with Gasteiger partial charge in [0.25, 0.3) is 5.89 Å². The Morgan fingerprint density at radius 1 is 1.35 bits per heavy atom. The van der Waals surface area contributed by atoms with Crippen molar-refractivity contribution in [3.05, 3.63) is 41.5 Å². The van der Waals surface area contributed by atoms with Crippen molar-refractivity contribution in [3.8, 4) is 0 Å². The summed E-state index contributed by atoms with van der Waals surface area (Å²) in [5.74, 6) is 1.77. The van der Waals surface area contributed by atoms with Gasteiger partial charge < -0.3 is 15.0 Å². The number of hydrogen-bond acceptors (Lipinski definition) is 5. The predicted octanol–water partition coefficient (Wildman–Crippen LogP) is 2.40. The van der Waals surface area contributed by atoms with E-state index in [0.29, 0.717) is 11.8 Å². The number of rotatable bonds is 4. The van der Waals surface area contributed by atoms with Gasteiger partial charge in [-0.2, -0.15) is 4.98 Å². The first-order valence-corrected chi connectivity index (χ1v) is 6.73. The van der Waals surface area contributed by atoms with Gasteiger partial charge in [0.15, 0.2) is 5.82 Å². The molecule has 0 bridgehead atoms. The Morgan fingerprint density at radius 2 is 2.30 bits per heavy atom. The van der Waals surface area contributed by atoms with Gasteiger partial charge in [0.1, 0.15) is 0 Å². The molecule has 0 radical (unpaired) electrons. The molecule has 1 aliphatic rings. The van der Waals surface area contributed by atoms with E-state index in [4.69, 9.17) is 15.0 Å². The number of ether oxygens (including phenoxy) is 1. The van der Waals surface area contributed by atoms with Crippen molar-refractivity contribution in [2.45, 2.75) is 12.8 Å². The van der Waals surface area contributed by atoms with Crippen molar-refractivity contribution in [3.63, 3.8) is 0 Å². The molecule has 0 aliphatic carbocycles. The first-order valence-electron chi connectivity index (χ1n) is 6.73. The van der Waals surface area contributed by atoms with Gasteiger partial charge in [-0.1, -0.05) is 17.3 Å². The third-order valence-corrected chi connectivity index (χ3v) is 3.31. The van der Waals surface area contributed by atoms with E-state index >= 15 is 0 Å². The molecule has 1 unspecified atom stereocenters. The number of aromatic nitrogens is 2. The lowest BCUT2D eigenvalue weighted by atomic mass is 10.1. The van der Waals surface area contributed by atoms with Crippen molar-refractivity contribution in [2.75, 3.05) is 18.9 Å². The fourth-order valence-electron chi connectivity index (χ4n) is 2.25. The third kappa shape index (κ3) is 3.24. The summed E-state index contributed by atoms with van der Waals surface area (Å²) in [6, 6.07) is 7.63. The van der Waals surface area contributed by atoms with Gasteiger partial charge in [-0.15, -0.1) is 0 Å². The molecular formula is C15H17N3O2. The Morgan fingerprint density at radius 3 is 3.10 bits per heavy atom. The quantitative estimate of drug-likeness (QED) is 0.864. The predicted molar refractivity (Wildman–Crippen MR) is 76.7 cm³/mol. The van der Waals surface area contributed by atoms with E-state index in [1.54, 1.807) is 6.08 Å². The zero-order valence-corrected chi connectivity index (χ0v) is 11.2. The number of nitrogen functional groups attached to an aromatic ring is 1. The molecule has 1 aromatic heterocycles. The number of nitrogens with zero attached hydrogens (tertiary/aromatic N) is 2. The van der Waals surface area contributed by atoms with Crippen molar-refractivity contribution < 1.29 is 9.26 Å². The number of anilines is 1. The standard InChI is InChI=1S/C15H17N3O2/c16-13-3-1-2-11(8-13)4-5-15-17-14(18-20-15)9-12-6-7-19-10-12/h1-5,8,12H,6-7,9-10,16H2/b5-4+. The van der Waals surface area contributed by atoms with Gasteiger partial charge in [-0.05, 0) is 36.1 Å². The topological polar surface area (TPSA) is 74.2 Å². The summed E-state index contributed by atoms with van der Waals surface area (Å²) in [6.07, 6.45) is 5.60. The lowest BCUT2D eigenvalue weighted by Gasteiger charge is -2.00. The van der Waals surface area contributed by atoms with Gasteiger partial charge in [0.2, 0.25) is 0 Å². The van der Waals surface area contributed by atoms with E-state index in [-0.39, 0.29) is 0 Å². The molecule has 2 aromatic rings. The van der Waals surface area contributed by atoms with Crippen LogP contribution in [0.1, 0.15) is 23.7 Å². The van der Waals surface area contributed by atoms with Gasteiger partial charge in [0, 0.05) is 31.4 Å². The van der Waals surface area contributed by atoms with E-state index in [2.05, 4.69) is 10.1 Å². The third-order valence-electron chi connectivity index (χ3n) is 3.31. The van der Waals surface area contributed by atoms with Crippen LogP contribution in [0.5, 0.6) is 0 Å². The fourth-order valence-corrected chi connectivity index (χ4v) is 2.25. The molecule has 1 saturated heterocycles. The van der Waals surface area contributed by atoms with E-state index in [1.165, 1.54) is 0 Å². The minimum absolute atomic E-state index is 0.512. The highest BCUT2D eigenvalue weighted by atomic mass is 16.5. The molecule has 1 aliphatic heterocycles. The van der Waals surface area contributed by atoms with E-state index in [9.17, 15) is 0 Å². The highest BCUT2D eigenvalue weighted by molar-refractivity contribution is 5.67. The molecule has 1 fully saturated rings. The number of benzene rings is 1. The van der Waals surface area contributed by atoms with Crippen LogP contribution in [0.3, 0.4) is 0 Å². The van der Waals surface area contributed by atoms with E-state index < -0.39 is 0 Å². The van der Waals surface area contributed by atoms with Gasteiger partial charge >= 0.3 is 0 Å². The lowest BCUT2D eigenvalue weighted by molar-refractivity contribution is 0.185. The van der Waals surface area contributed by atoms with Crippen LogP contribution < -0.4 is 5.73 Å². The molecule has 20 heavy (non-hydrogen) atoms. The van der Waals surface area contributed by atoms with E-state index in [0.717, 1.165) is 43.1 Å². The zero-order chi connectivity index (χ0) is 13.8. The Kier molecular flexibility index (Phi) is 3.78. The van der Waals surface area contributed by atoms with Crippen molar-refractivity contribution in [2.24, 2.45) is 5.92 Å². The first-order chi connectivity index (χ1) is 9.79. The summed E-state index contributed by atoms with van der Waals surface area (Å²) in [7, 11) is 0. The van der Waals surface area contributed by atoms with Gasteiger partial charge in [-0.3, -0.25) is 0 Å².